The quantitative estimate of drug-likeness (QED) is 0.921. The molecule has 4 nitrogen and oxygen atoms in total. The molecule has 1 aromatic carbocycles. The number of halogens is 1. The molecule has 2 aromatic rings. The van der Waals surface area contributed by atoms with E-state index in [4.69, 9.17) is 0 Å². The van der Waals surface area contributed by atoms with Crippen LogP contribution >= 0.6 is 15.9 Å². The Labute approximate surface area is 120 Å². The summed E-state index contributed by atoms with van der Waals surface area (Å²) >= 11 is 3.44. The second kappa shape index (κ2) is 5.17. The van der Waals surface area contributed by atoms with Gasteiger partial charge in [0.25, 0.3) is 5.91 Å². The molecule has 0 saturated heterocycles. The third-order valence-electron chi connectivity index (χ3n) is 3.08. The van der Waals surface area contributed by atoms with Crippen LogP contribution in [0.3, 0.4) is 0 Å². The summed E-state index contributed by atoms with van der Waals surface area (Å²) in [4.78, 5) is 12.2. The summed E-state index contributed by atoms with van der Waals surface area (Å²) < 4.78 is 2.70. The summed E-state index contributed by atoms with van der Waals surface area (Å²) in [5.74, 6) is -0.183. The van der Waals surface area contributed by atoms with Gasteiger partial charge in [0.1, 0.15) is 0 Å². The van der Waals surface area contributed by atoms with Crippen molar-refractivity contribution in [1.29, 1.82) is 0 Å². The molecular formula is C14H16BrN3O. The normalized spacial score (nSPS) is 10.6. The van der Waals surface area contributed by atoms with Gasteiger partial charge in [0.05, 0.1) is 0 Å². The predicted molar refractivity (Wildman–Crippen MR) is 79.5 cm³/mol. The molecule has 0 aliphatic rings. The number of carbonyl (C=O) groups excluding carboxylic acids is 1. The zero-order chi connectivity index (χ0) is 14.2. The van der Waals surface area contributed by atoms with Gasteiger partial charge in [-0.2, -0.15) is 5.10 Å². The van der Waals surface area contributed by atoms with E-state index < -0.39 is 0 Å². The van der Waals surface area contributed by atoms with Gasteiger partial charge in [-0.15, -0.1) is 0 Å². The van der Waals surface area contributed by atoms with Crippen molar-refractivity contribution in [2.45, 2.75) is 20.8 Å². The van der Waals surface area contributed by atoms with Crippen LogP contribution in [0.5, 0.6) is 0 Å². The van der Waals surface area contributed by atoms with Crippen LogP contribution in [-0.2, 0) is 7.05 Å². The van der Waals surface area contributed by atoms with Crippen molar-refractivity contribution in [3.8, 4) is 0 Å². The smallest absolute Gasteiger partial charge is 0.276 e. The molecule has 0 aliphatic carbocycles. The van der Waals surface area contributed by atoms with Gasteiger partial charge in [-0.3, -0.25) is 9.48 Å². The highest BCUT2D eigenvalue weighted by Crippen LogP contribution is 2.25. The maximum Gasteiger partial charge on any atom is 0.276 e. The molecule has 0 unspecified atom stereocenters. The maximum atomic E-state index is 12.2. The lowest BCUT2D eigenvalue weighted by molar-refractivity contribution is 0.102. The molecule has 0 saturated carbocycles. The first kappa shape index (κ1) is 13.8. The Bertz CT molecular complexity index is 604. The Kier molecular flexibility index (Phi) is 3.75. The van der Waals surface area contributed by atoms with Crippen molar-refractivity contribution in [1.82, 2.24) is 9.78 Å². The number of rotatable bonds is 2. The van der Waals surface area contributed by atoms with Crippen molar-refractivity contribution in [3.63, 3.8) is 0 Å². The summed E-state index contributed by atoms with van der Waals surface area (Å²) in [5.41, 5.74) is 4.27. The van der Waals surface area contributed by atoms with Crippen molar-refractivity contribution < 1.29 is 4.79 Å². The monoisotopic (exact) mass is 321 g/mol. The Morgan fingerprint density at radius 3 is 2.26 bits per heavy atom. The van der Waals surface area contributed by atoms with E-state index in [9.17, 15) is 4.79 Å². The Balaban J connectivity index is 2.29. The van der Waals surface area contributed by atoms with Gasteiger partial charge < -0.3 is 5.32 Å². The molecular weight excluding hydrogens is 306 g/mol. The van der Waals surface area contributed by atoms with E-state index in [1.807, 2.05) is 40.0 Å². The van der Waals surface area contributed by atoms with E-state index in [0.717, 1.165) is 27.0 Å². The topological polar surface area (TPSA) is 46.9 Å². The summed E-state index contributed by atoms with van der Waals surface area (Å²) in [5, 5.41) is 7.11. The number of nitrogens with zero attached hydrogens (tertiary/aromatic N) is 2. The van der Waals surface area contributed by atoms with E-state index in [1.165, 1.54) is 0 Å². The molecule has 100 valence electrons. The van der Waals surface area contributed by atoms with E-state index in [2.05, 4.69) is 26.3 Å². The number of hydrogen-bond acceptors (Lipinski definition) is 2. The molecule has 0 radical (unpaired) electrons. The molecule has 1 N–H and O–H groups in total. The zero-order valence-corrected chi connectivity index (χ0v) is 13.0. The number of nitrogens with one attached hydrogen (secondary N) is 1. The summed E-state index contributed by atoms with van der Waals surface area (Å²) in [7, 11) is 1.82. The first-order valence-electron chi connectivity index (χ1n) is 5.97. The lowest BCUT2D eigenvalue weighted by Crippen LogP contribution is -2.14. The molecule has 0 fully saturated rings. The average Bonchev–Trinajstić information content (AvgIpc) is 2.64. The van der Waals surface area contributed by atoms with Gasteiger partial charge >= 0.3 is 0 Å². The van der Waals surface area contributed by atoms with Crippen LogP contribution in [0.1, 0.15) is 27.3 Å². The second-order valence-electron chi connectivity index (χ2n) is 4.66. The number of aromatic nitrogens is 2. The van der Waals surface area contributed by atoms with Crippen LogP contribution in [-0.4, -0.2) is 15.7 Å². The van der Waals surface area contributed by atoms with Gasteiger partial charge in [-0.1, -0.05) is 15.9 Å². The van der Waals surface area contributed by atoms with Crippen molar-refractivity contribution in [3.05, 3.63) is 45.2 Å². The van der Waals surface area contributed by atoms with Gasteiger partial charge in [-0.05, 0) is 50.1 Å². The van der Waals surface area contributed by atoms with Crippen LogP contribution in [0.25, 0.3) is 0 Å². The molecule has 1 heterocycles. The van der Waals surface area contributed by atoms with E-state index >= 15 is 0 Å². The van der Waals surface area contributed by atoms with Gasteiger partial charge in [-0.25, -0.2) is 0 Å². The highest BCUT2D eigenvalue weighted by molar-refractivity contribution is 9.10. The number of hydrogen-bond donors (Lipinski definition) is 1. The Hall–Kier alpha value is -1.62. The molecule has 0 bridgehead atoms. The molecule has 2 rings (SSSR count). The first-order chi connectivity index (χ1) is 8.88. The van der Waals surface area contributed by atoms with Gasteiger partial charge in [0.2, 0.25) is 0 Å². The Morgan fingerprint density at radius 1 is 1.21 bits per heavy atom. The Morgan fingerprint density at radius 2 is 1.79 bits per heavy atom. The number of benzene rings is 1. The van der Waals surface area contributed by atoms with Crippen LogP contribution in [0.2, 0.25) is 0 Å². The number of carbonyl (C=O) groups is 1. The van der Waals surface area contributed by atoms with E-state index in [1.54, 1.807) is 10.7 Å². The average molecular weight is 322 g/mol. The van der Waals surface area contributed by atoms with Crippen LogP contribution in [0, 0.1) is 20.8 Å². The lowest BCUT2D eigenvalue weighted by atomic mass is 10.1. The standard InChI is InChI=1S/C14H16BrN3O/c1-8-5-11(15)6-9(2)13(8)16-14(19)12-7-10(3)18(4)17-12/h5-7H,1-4H3,(H,16,19). The molecule has 0 atom stereocenters. The molecule has 5 heteroatoms. The summed E-state index contributed by atoms with van der Waals surface area (Å²) in [6.07, 6.45) is 0. The minimum atomic E-state index is -0.183. The molecule has 0 spiro atoms. The van der Waals surface area contributed by atoms with Gasteiger partial charge in [0, 0.05) is 22.9 Å². The highest BCUT2D eigenvalue weighted by Gasteiger charge is 2.13. The molecule has 1 aromatic heterocycles. The van der Waals surface area contributed by atoms with Crippen molar-refractivity contribution in [2.75, 3.05) is 5.32 Å². The fraction of sp³-hybridized carbons (Fsp3) is 0.286. The number of amides is 1. The second-order valence-corrected chi connectivity index (χ2v) is 5.58. The lowest BCUT2D eigenvalue weighted by Gasteiger charge is -2.11. The van der Waals surface area contributed by atoms with Crippen molar-refractivity contribution in [2.24, 2.45) is 7.05 Å². The molecule has 0 aliphatic heterocycles. The zero-order valence-electron chi connectivity index (χ0n) is 11.4. The fourth-order valence-electron chi connectivity index (χ4n) is 1.96. The SMILES string of the molecule is Cc1cc(Br)cc(C)c1NC(=O)c1cc(C)n(C)n1. The van der Waals surface area contributed by atoms with Crippen molar-refractivity contribution >= 4 is 27.5 Å². The van der Waals surface area contributed by atoms with Crippen LogP contribution in [0.4, 0.5) is 5.69 Å². The highest BCUT2D eigenvalue weighted by atomic mass is 79.9. The van der Waals surface area contributed by atoms with Gasteiger partial charge in [0.15, 0.2) is 5.69 Å². The number of anilines is 1. The third kappa shape index (κ3) is 2.87. The van der Waals surface area contributed by atoms with E-state index in [0.29, 0.717) is 5.69 Å². The summed E-state index contributed by atoms with van der Waals surface area (Å²) in [6.45, 7) is 5.86. The minimum absolute atomic E-state index is 0.183. The summed E-state index contributed by atoms with van der Waals surface area (Å²) in [6, 6.07) is 5.73. The van der Waals surface area contributed by atoms with E-state index in [-0.39, 0.29) is 5.91 Å². The molecule has 1 amide bonds. The minimum Gasteiger partial charge on any atom is -0.320 e. The third-order valence-corrected chi connectivity index (χ3v) is 3.54. The van der Waals surface area contributed by atoms with Crippen LogP contribution in [0.15, 0.2) is 22.7 Å². The van der Waals surface area contributed by atoms with Crippen LogP contribution < -0.4 is 5.32 Å². The molecule has 19 heavy (non-hydrogen) atoms. The largest absolute Gasteiger partial charge is 0.320 e. The fourth-order valence-corrected chi connectivity index (χ4v) is 2.64. The predicted octanol–water partition coefficient (Wildman–Crippen LogP) is 3.36. The first-order valence-corrected chi connectivity index (χ1v) is 6.76. The number of aryl methyl sites for hydroxylation is 4. The maximum absolute atomic E-state index is 12.2.